The number of carbonyl (C=O) groups excluding carboxylic acids is 1. The molecule has 0 aliphatic heterocycles. The lowest BCUT2D eigenvalue weighted by Gasteiger charge is -2.13. The zero-order valence-corrected chi connectivity index (χ0v) is 11.1. The topological polar surface area (TPSA) is 29.5 Å². The highest BCUT2D eigenvalue weighted by Crippen LogP contribution is 1.96. The summed E-state index contributed by atoms with van der Waals surface area (Å²) in [5.41, 5.74) is 0.126. The summed E-state index contributed by atoms with van der Waals surface area (Å²) in [6.45, 7) is 13.9. The zero-order chi connectivity index (χ0) is 13.8. The molecular formula is C12H23F2NO2. The highest BCUT2D eigenvalue weighted by molar-refractivity contribution is 5.86. The highest BCUT2D eigenvalue weighted by Gasteiger charge is 2.07. The van der Waals surface area contributed by atoms with Crippen LogP contribution in [0.15, 0.2) is 12.2 Å². The Morgan fingerprint density at radius 3 is 1.82 bits per heavy atom. The molecule has 0 rings (SSSR count). The van der Waals surface area contributed by atoms with Gasteiger partial charge in [-0.25, -0.2) is 13.6 Å². The van der Waals surface area contributed by atoms with Crippen molar-refractivity contribution in [3.05, 3.63) is 12.2 Å². The average molecular weight is 251 g/mol. The third kappa shape index (κ3) is 13.0. The van der Waals surface area contributed by atoms with Crippen molar-refractivity contribution in [2.24, 2.45) is 0 Å². The maximum atomic E-state index is 11.4. The van der Waals surface area contributed by atoms with Crippen molar-refractivity contribution in [3.8, 4) is 0 Å². The molecule has 0 fully saturated rings. The monoisotopic (exact) mass is 251 g/mol. The first-order chi connectivity index (χ1) is 7.88. The van der Waals surface area contributed by atoms with Crippen LogP contribution in [0, 0.1) is 0 Å². The van der Waals surface area contributed by atoms with Crippen molar-refractivity contribution in [2.75, 3.05) is 26.2 Å². The van der Waals surface area contributed by atoms with E-state index in [1.165, 1.54) is 26.6 Å². The molecule has 0 aliphatic rings. The molecule has 0 aromatic rings. The number of rotatable bonds is 6. The first-order valence-electron chi connectivity index (χ1n) is 5.72. The Hall–Kier alpha value is -0.970. The lowest BCUT2D eigenvalue weighted by Crippen LogP contribution is -2.21. The van der Waals surface area contributed by atoms with Gasteiger partial charge in [-0.05, 0) is 26.6 Å². The summed E-state index contributed by atoms with van der Waals surface area (Å²) < 4.78 is 26.8. The van der Waals surface area contributed by atoms with Gasteiger partial charge in [0.1, 0.15) is 0 Å². The van der Waals surface area contributed by atoms with E-state index in [4.69, 9.17) is 0 Å². The first-order valence-corrected chi connectivity index (χ1v) is 5.72. The van der Waals surface area contributed by atoms with Gasteiger partial charge < -0.3 is 9.64 Å². The molecule has 0 aromatic carbocycles. The minimum absolute atomic E-state index is 0.126. The molecule has 0 aliphatic carbocycles. The second-order valence-electron chi connectivity index (χ2n) is 3.39. The Kier molecular flexibility index (Phi) is 12.5. The van der Waals surface area contributed by atoms with Crippen molar-refractivity contribution in [3.63, 3.8) is 0 Å². The van der Waals surface area contributed by atoms with Gasteiger partial charge in [0.15, 0.2) is 6.61 Å². The number of carbonyl (C=O) groups is 1. The Balaban J connectivity index is 0. The number of hydrogen-bond acceptors (Lipinski definition) is 3. The third-order valence-corrected chi connectivity index (χ3v) is 2.03. The Morgan fingerprint density at radius 2 is 1.65 bits per heavy atom. The van der Waals surface area contributed by atoms with E-state index in [1.54, 1.807) is 0 Å². The van der Waals surface area contributed by atoms with E-state index in [1.807, 2.05) is 0 Å². The van der Waals surface area contributed by atoms with Crippen LogP contribution < -0.4 is 0 Å². The maximum absolute atomic E-state index is 11.4. The molecule has 102 valence electrons. The standard InChI is InChI=1S/C6H8F2O2.C6H15N/c1-4(2)6(9)10-3-5(7)8;1-4-7(5-2)6-3/h5H,1,3H2,2H3;4-6H2,1-3H3. The molecule has 0 aromatic heterocycles. The van der Waals surface area contributed by atoms with Crippen LogP contribution in [0.25, 0.3) is 0 Å². The van der Waals surface area contributed by atoms with Crippen molar-refractivity contribution in [1.29, 1.82) is 0 Å². The predicted octanol–water partition coefficient (Wildman–Crippen LogP) is 2.72. The summed E-state index contributed by atoms with van der Waals surface area (Å²) in [6, 6.07) is 0. The van der Waals surface area contributed by atoms with Gasteiger partial charge in [0.05, 0.1) is 0 Å². The third-order valence-electron chi connectivity index (χ3n) is 2.03. The van der Waals surface area contributed by atoms with Crippen LogP contribution in [0.1, 0.15) is 27.7 Å². The molecule has 0 bridgehead atoms. The van der Waals surface area contributed by atoms with E-state index in [0.29, 0.717) is 0 Å². The van der Waals surface area contributed by atoms with Crippen LogP contribution in [0.4, 0.5) is 8.78 Å². The van der Waals surface area contributed by atoms with Crippen LogP contribution in [-0.2, 0) is 9.53 Å². The van der Waals surface area contributed by atoms with E-state index in [9.17, 15) is 13.6 Å². The van der Waals surface area contributed by atoms with Gasteiger partial charge in [-0.2, -0.15) is 0 Å². The molecule has 17 heavy (non-hydrogen) atoms. The minimum Gasteiger partial charge on any atom is -0.456 e. The number of nitrogens with zero attached hydrogens (tertiary/aromatic N) is 1. The van der Waals surface area contributed by atoms with E-state index in [0.717, 1.165) is 0 Å². The zero-order valence-electron chi connectivity index (χ0n) is 11.1. The molecule has 0 atom stereocenters. The molecule has 0 saturated heterocycles. The molecule has 0 radical (unpaired) electrons. The van der Waals surface area contributed by atoms with Gasteiger partial charge in [-0.3, -0.25) is 0 Å². The SMILES string of the molecule is C=C(C)C(=O)OCC(F)F.CCN(CC)CC. The Bertz CT molecular complexity index is 211. The van der Waals surface area contributed by atoms with Crippen molar-refractivity contribution in [2.45, 2.75) is 34.1 Å². The Labute approximate surface area is 102 Å². The molecule has 0 unspecified atom stereocenters. The molecule has 0 heterocycles. The number of ether oxygens (including phenoxy) is 1. The summed E-state index contributed by atoms with van der Waals surface area (Å²) in [5, 5.41) is 0. The normalized spacial score (nSPS) is 9.88. The highest BCUT2D eigenvalue weighted by atomic mass is 19.3. The number of esters is 1. The van der Waals surface area contributed by atoms with Gasteiger partial charge >= 0.3 is 5.97 Å². The van der Waals surface area contributed by atoms with Crippen LogP contribution >= 0.6 is 0 Å². The number of hydrogen-bond donors (Lipinski definition) is 0. The lowest BCUT2D eigenvalue weighted by molar-refractivity contribution is -0.142. The van der Waals surface area contributed by atoms with E-state index >= 15 is 0 Å². The largest absolute Gasteiger partial charge is 0.456 e. The van der Waals surface area contributed by atoms with Crippen molar-refractivity contribution >= 4 is 5.97 Å². The second-order valence-corrected chi connectivity index (χ2v) is 3.39. The van der Waals surface area contributed by atoms with Crippen LogP contribution in [-0.4, -0.2) is 43.5 Å². The first kappa shape index (κ1) is 18.4. The van der Waals surface area contributed by atoms with Gasteiger partial charge in [-0.1, -0.05) is 27.4 Å². The van der Waals surface area contributed by atoms with Crippen molar-refractivity contribution in [1.82, 2.24) is 4.90 Å². The van der Waals surface area contributed by atoms with Crippen LogP contribution in [0.5, 0.6) is 0 Å². The van der Waals surface area contributed by atoms with Gasteiger partial charge in [0.25, 0.3) is 6.43 Å². The summed E-state index contributed by atoms with van der Waals surface area (Å²) in [7, 11) is 0. The number of alkyl halides is 2. The molecular weight excluding hydrogens is 228 g/mol. The fraction of sp³-hybridized carbons (Fsp3) is 0.750. The minimum atomic E-state index is -2.61. The second kappa shape index (κ2) is 11.5. The van der Waals surface area contributed by atoms with Crippen molar-refractivity contribution < 1.29 is 18.3 Å². The van der Waals surface area contributed by atoms with Crippen LogP contribution in [0.3, 0.4) is 0 Å². The quantitative estimate of drug-likeness (QED) is 0.537. The number of halogens is 2. The molecule has 3 nitrogen and oxygen atoms in total. The average Bonchev–Trinajstić information content (AvgIpc) is 2.28. The molecule has 0 N–H and O–H groups in total. The van der Waals surface area contributed by atoms with E-state index in [2.05, 4.69) is 37.0 Å². The smallest absolute Gasteiger partial charge is 0.333 e. The summed E-state index contributed by atoms with van der Waals surface area (Å²) in [5.74, 6) is -0.777. The van der Waals surface area contributed by atoms with E-state index in [-0.39, 0.29) is 5.57 Å². The lowest BCUT2D eigenvalue weighted by atomic mass is 10.4. The Morgan fingerprint density at radius 1 is 1.24 bits per heavy atom. The fourth-order valence-corrected chi connectivity index (χ4v) is 0.933. The van der Waals surface area contributed by atoms with Gasteiger partial charge in [0, 0.05) is 5.57 Å². The summed E-state index contributed by atoms with van der Waals surface area (Å²) in [4.78, 5) is 12.8. The predicted molar refractivity (Wildman–Crippen MR) is 65.2 cm³/mol. The molecule has 0 spiro atoms. The van der Waals surface area contributed by atoms with Gasteiger partial charge in [0.2, 0.25) is 0 Å². The van der Waals surface area contributed by atoms with E-state index < -0.39 is 19.0 Å². The van der Waals surface area contributed by atoms with Gasteiger partial charge in [-0.15, -0.1) is 0 Å². The molecule has 5 heteroatoms. The fourth-order valence-electron chi connectivity index (χ4n) is 0.933. The van der Waals surface area contributed by atoms with Crippen LogP contribution in [0.2, 0.25) is 0 Å². The molecule has 0 amide bonds. The summed E-state index contributed by atoms with van der Waals surface area (Å²) >= 11 is 0. The summed E-state index contributed by atoms with van der Waals surface area (Å²) in [6.07, 6.45) is -2.61. The maximum Gasteiger partial charge on any atom is 0.333 e. The molecule has 0 saturated carbocycles.